The van der Waals surface area contributed by atoms with Crippen molar-refractivity contribution in [2.45, 2.75) is 13.8 Å². The summed E-state index contributed by atoms with van der Waals surface area (Å²) in [6, 6.07) is 6.00. The Labute approximate surface area is 152 Å². The zero-order chi connectivity index (χ0) is 17.9. The van der Waals surface area contributed by atoms with Crippen LogP contribution in [0.15, 0.2) is 30.7 Å². The Kier molecular flexibility index (Phi) is 4.47. The molecule has 1 aliphatic heterocycles. The van der Waals surface area contributed by atoms with Crippen molar-refractivity contribution in [3.63, 3.8) is 0 Å². The number of hydrogen-bond acceptors (Lipinski definition) is 8. The lowest BCUT2D eigenvalue weighted by molar-refractivity contribution is 0.642. The van der Waals surface area contributed by atoms with E-state index in [2.05, 4.69) is 40.0 Å². The zero-order valence-electron chi connectivity index (χ0n) is 15.1. The summed E-state index contributed by atoms with van der Waals surface area (Å²) in [7, 11) is 0. The Morgan fingerprint density at radius 2 is 1.85 bits per heavy atom. The molecular weight excluding hydrogens is 328 g/mol. The van der Waals surface area contributed by atoms with Crippen LogP contribution >= 0.6 is 0 Å². The molecule has 26 heavy (non-hydrogen) atoms. The van der Waals surface area contributed by atoms with Gasteiger partial charge in [-0.25, -0.2) is 19.9 Å². The standard InChI is InChI=1S/C18H22N8/c1-3-19-18-23-13(2)11-15(24-18)25-7-9-26(10-8-25)17-14-5-4-6-20-16(14)21-12-22-17/h4-6,11-12H,3,7-10H2,1-2H3,(H,19,23,24). The van der Waals surface area contributed by atoms with Crippen molar-refractivity contribution in [1.82, 2.24) is 24.9 Å². The van der Waals surface area contributed by atoms with Crippen LogP contribution in [0.5, 0.6) is 0 Å². The molecule has 1 aliphatic rings. The molecule has 0 bridgehead atoms. The van der Waals surface area contributed by atoms with Crippen LogP contribution in [0.4, 0.5) is 17.6 Å². The number of hydrogen-bond donors (Lipinski definition) is 1. The molecule has 134 valence electrons. The van der Waals surface area contributed by atoms with Gasteiger partial charge in [0.25, 0.3) is 0 Å². The summed E-state index contributed by atoms with van der Waals surface area (Å²) in [5, 5.41) is 4.20. The number of nitrogens with zero attached hydrogens (tertiary/aromatic N) is 7. The highest BCUT2D eigenvalue weighted by Gasteiger charge is 2.21. The molecule has 0 atom stereocenters. The first-order chi connectivity index (χ1) is 12.7. The zero-order valence-corrected chi connectivity index (χ0v) is 15.1. The molecule has 3 aromatic rings. The minimum absolute atomic E-state index is 0.692. The fraction of sp³-hybridized carbons (Fsp3) is 0.389. The predicted octanol–water partition coefficient (Wildman–Crippen LogP) is 1.88. The predicted molar refractivity (Wildman–Crippen MR) is 103 cm³/mol. The van der Waals surface area contributed by atoms with Crippen molar-refractivity contribution in [3.05, 3.63) is 36.4 Å². The van der Waals surface area contributed by atoms with E-state index in [4.69, 9.17) is 0 Å². The second-order valence-electron chi connectivity index (χ2n) is 6.27. The Morgan fingerprint density at radius 1 is 1.04 bits per heavy atom. The third-order valence-corrected chi connectivity index (χ3v) is 4.47. The van der Waals surface area contributed by atoms with Gasteiger partial charge in [0, 0.05) is 50.7 Å². The van der Waals surface area contributed by atoms with Gasteiger partial charge in [-0.05, 0) is 26.0 Å². The van der Waals surface area contributed by atoms with E-state index in [1.807, 2.05) is 32.0 Å². The lowest BCUT2D eigenvalue weighted by Crippen LogP contribution is -2.47. The third-order valence-electron chi connectivity index (χ3n) is 4.47. The fourth-order valence-corrected chi connectivity index (χ4v) is 3.23. The number of piperazine rings is 1. The van der Waals surface area contributed by atoms with Crippen LogP contribution in [-0.4, -0.2) is 57.6 Å². The van der Waals surface area contributed by atoms with E-state index >= 15 is 0 Å². The third kappa shape index (κ3) is 3.22. The Hall–Kier alpha value is -3.03. The van der Waals surface area contributed by atoms with E-state index < -0.39 is 0 Å². The Bertz CT molecular complexity index is 899. The molecule has 3 aromatic heterocycles. The van der Waals surface area contributed by atoms with Crippen LogP contribution in [-0.2, 0) is 0 Å². The van der Waals surface area contributed by atoms with Gasteiger partial charge < -0.3 is 15.1 Å². The van der Waals surface area contributed by atoms with E-state index in [0.717, 1.165) is 61.1 Å². The molecule has 0 unspecified atom stereocenters. The minimum Gasteiger partial charge on any atom is -0.354 e. The van der Waals surface area contributed by atoms with Gasteiger partial charge in [-0.15, -0.1) is 0 Å². The van der Waals surface area contributed by atoms with Crippen molar-refractivity contribution in [2.75, 3.05) is 47.8 Å². The van der Waals surface area contributed by atoms with Crippen LogP contribution in [0, 0.1) is 6.92 Å². The van der Waals surface area contributed by atoms with Gasteiger partial charge in [-0.2, -0.15) is 4.98 Å². The van der Waals surface area contributed by atoms with Gasteiger partial charge >= 0.3 is 0 Å². The highest BCUT2D eigenvalue weighted by atomic mass is 15.3. The number of aromatic nitrogens is 5. The van der Waals surface area contributed by atoms with Crippen LogP contribution in [0.25, 0.3) is 11.0 Å². The van der Waals surface area contributed by atoms with E-state index in [1.165, 1.54) is 0 Å². The number of fused-ring (bicyclic) bond motifs is 1. The second kappa shape index (κ2) is 7.07. The Balaban J connectivity index is 1.52. The largest absolute Gasteiger partial charge is 0.354 e. The highest BCUT2D eigenvalue weighted by Crippen LogP contribution is 2.24. The molecule has 1 fully saturated rings. The fourth-order valence-electron chi connectivity index (χ4n) is 3.23. The highest BCUT2D eigenvalue weighted by molar-refractivity contribution is 5.86. The lowest BCUT2D eigenvalue weighted by atomic mass is 10.2. The maximum Gasteiger partial charge on any atom is 0.224 e. The SMILES string of the molecule is CCNc1nc(C)cc(N2CCN(c3ncnc4ncccc34)CC2)n1. The number of anilines is 3. The molecule has 8 heteroatoms. The van der Waals surface area contributed by atoms with Crippen molar-refractivity contribution >= 4 is 28.6 Å². The summed E-state index contributed by atoms with van der Waals surface area (Å²) in [5.74, 6) is 2.62. The molecular formula is C18H22N8. The maximum absolute atomic E-state index is 4.64. The summed E-state index contributed by atoms with van der Waals surface area (Å²) in [6.45, 7) is 8.38. The van der Waals surface area contributed by atoms with Crippen molar-refractivity contribution < 1.29 is 0 Å². The summed E-state index contributed by atoms with van der Waals surface area (Å²) in [4.78, 5) is 26.7. The molecule has 4 rings (SSSR count). The van der Waals surface area contributed by atoms with Crippen molar-refractivity contribution in [2.24, 2.45) is 0 Å². The topological polar surface area (TPSA) is 83.0 Å². The van der Waals surface area contributed by atoms with Gasteiger partial charge in [0.15, 0.2) is 5.65 Å². The first-order valence-electron chi connectivity index (χ1n) is 8.90. The molecule has 1 N–H and O–H groups in total. The summed E-state index contributed by atoms with van der Waals surface area (Å²) < 4.78 is 0. The monoisotopic (exact) mass is 350 g/mol. The quantitative estimate of drug-likeness (QED) is 0.764. The average Bonchev–Trinajstić information content (AvgIpc) is 2.67. The normalized spacial score (nSPS) is 14.7. The smallest absolute Gasteiger partial charge is 0.224 e. The van der Waals surface area contributed by atoms with Gasteiger partial charge in [-0.1, -0.05) is 0 Å². The molecule has 1 saturated heterocycles. The minimum atomic E-state index is 0.692. The van der Waals surface area contributed by atoms with E-state index in [1.54, 1.807) is 12.5 Å². The van der Waals surface area contributed by atoms with Crippen LogP contribution < -0.4 is 15.1 Å². The van der Waals surface area contributed by atoms with E-state index in [9.17, 15) is 0 Å². The first kappa shape index (κ1) is 16.4. The average molecular weight is 350 g/mol. The maximum atomic E-state index is 4.64. The molecule has 0 aromatic carbocycles. The number of nitrogens with one attached hydrogen (secondary N) is 1. The number of aryl methyl sites for hydroxylation is 1. The molecule has 0 spiro atoms. The summed E-state index contributed by atoms with van der Waals surface area (Å²) >= 11 is 0. The summed E-state index contributed by atoms with van der Waals surface area (Å²) in [5.41, 5.74) is 1.71. The van der Waals surface area contributed by atoms with Gasteiger partial charge in [0.1, 0.15) is 18.0 Å². The first-order valence-corrected chi connectivity index (χ1v) is 8.90. The van der Waals surface area contributed by atoms with Crippen LogP contribution in [0.1, 0.15) is 12.6 Å². The molecule has 0 saturated carbocycles. The molecule has 8 nitrogen and oxygen atoms in total. The molecule has 0 aliphatic carbocycles. The van der Waals surface area contributed by atoms with Crippen LogP contribution in [0.2, 0.25) is 0 Å². The molecule has 0 radical (unpaired) electrons. The van der Waals surface area contributed by atoms with Crippen molar-refractivity contribution in [1.29, 1.82) is 0 Å². The van der Waals surface area contributed by atoms with Crippen LogP contribution in [0.3, 0.4) is 0 Å². The lowest BCUT2D eigenvalue weighted by Gasteiger charge is -2.36. The molecule has 0 amide bonds. The van der Waals surface area contributed by atoms with Gasteiger partial charge in [0.2, 0.25) is 5.95 Å². The number of rotatable bonds is 4. The second-order valence-corrected chi connectivity index (χ2v) is 6.27. The Morgan fingerprint density at radius 3 is 2.65 bits per heavy atom. The van der Waals surface area contributed by atoms with Crippen molar-refractivity contribution in [3.8, 4) is 0 Å². The number of pyridine rings is 1. The van der Waals surface area contributed by atoms with E-state index in [0.29, 0.717) is 5.95 Å². The molecule has 4 heterocycles. The van der Waals surface area contributed by atoms with Gasteiger partial charge in [-0.3, -0.25) is 0 Å². The van der Waals surface area contributed by atoms with Gasteiger partial charge in [0.05, 0.1) is 5.39 Å². The van der Waals surface area contributed by atoms with E-state index in [-0.39, 0.29) is 0 Å². The summed E-state index contributed by atoms with van der Waals surface area (Å²) in [6.07, 6.45) is 3.35.